The maximum atomic E-state index is 12.5. The van der Waals surface area contributed by atoms with Crippen molar-refractivity contribution in [2.24, 2.45) is 0 Å². The van der Waals surface area contributed by atoms with Crippen molar-refractivity contribution in [1.82, 2.24) is 5.16 Å². The van der Waals surface area contributed by atoms with Gasteiger partial charge in [-0.3, -0.25) is 4.79 Å². The van der Waals surface area contributed by atoms with Gasteiger partial charge in [-0.05, 0) is 35.9 Å². The molecule has 0 atom stereocenters. The van der Waals surface area contributed by atoms with Crippen LogP contribution in [-0.4, -0.2) is 18.2 Å². The van der Waals surface area contributed by atoms with Crippen molar-refractivity contribution in [3.8, 4) is 22.6 Å². The third-order valence-electron chi connectivity index (χ3n) is 4.45. The van der Waals surface area contributed by atoms with Gasteiger partial charge in [-0.2, -0.15) is 0 Å². The van der Waals surface area contributed by atoms with E-state index < -0.39 is 11.6 Å². The Labute approximate surface area is 175 Å². The number of aromatic nitrogens is 1. The Morgan fingerprint density at radius 3 is 2.53 bits per heavy atom. The lowest BCUT2D eigenvalue weighted by Gasteiger charge is -2.07. The standard InChI is InChI=1S/C22H16ClNO6/c1-27-15-5-2-13(3-6-15)18-10-14-4-7-16(11-19(14)29-22(18)26)28-21(25)9-8-17-12-20(23)24-30-17/h2-7,10-12H,8-9H2,1H3. The molecule has 0 saturated heterocycles. The monoisotopic (exact) mass is 425 g/mol. The fourth-order valence-corrected chi connectivity index (χ4v) is 3.10. The number of halogens is 1. The number of methoxy groups -OCH3 is 1. The molecular weight excluding hydrogens is 410 g/mol. The van der Waals surface area contributed by atoms with E-state index in [0.29, 0.717) is 34.5 Å². The Kier molecular flexibility index (Phi) is 5.54. The van der Waals surface area contributed by atoms with E-state index >= 15 is 0 Å². The largest absolute Gasteiger partial charge is 0.497 e. The Morgan fingerprint density at radius 2 is 1.83 bits per heavy atom. The number of hydrogen-bond acceptors (Lipinski definition) is 7. The Morgan fingerprint density at radius 1 is 1.07 bits per heavy atom. The number of esters is 1. The fraction of sp³-hybridized carbons (Fsp3) is 0.136. The second-order valence-corrected chi connectivity index (χ2v) is 6.85. The van der Waals surface area contributed by atoms with E-state index in [9.17, 15) is 9.59 Å². The van der Waals surface area contributed by atoms with Gasteiger partial charge in [0.1, 0.15) is 22.8 Å². The van der Waals surface area contributed by atoms with Crippen LogP contribution >= 0.6 is 11.6 Å². The second-order valence-electron chi connectivity index (χ2n) is 6.47. The number of hydrogen-bond donors (Lipinski definition) is 0. The molecule has 152 valence electrons. The highest BCUT2D eigenvalue weighted by Crippen LogP contribution is 2.26. The summed E-state index contributed by atoms with van der Waals surface area (Å²) in [7, 11) is 1.58. The highest BCUT2D eigenvalue weighted by atomic mass is 35.5. The van der Waals surface area contributed by atoms with Crippen LogP contribution in [0.15, 0.2) is 68.3 Å². The second kappa shape index (κ2) is 8.42. The lowest BCUT2D eigenvalue weighted by molar-refractivity contribution is -0.134. The molecule has 2 heterocycles. The molecule has 0 unspecified atom stereocenters. The molecule has 2 aromatic carbocycles. The van der Waals surface area contributed by atoms with E-state index in [4.69, 9.17) is 30.0 Å². The fourth-order valence-electron chi connectivity index (χ4n) is 2.94. The van der Waals surface area contributed by atoms with Crippen LogP contribution in [-0.2, 0) is 11.2 Å². The predicted molar refractivity (Wildman–Crippen MR) is 110 cm³/mol. The maximum Gasteiger partial charge on any atom is 0.344 e. The first-order valence-electron chi connectivity index (χ1n) is 9.06. The van der Waals surface area contributed by atoms with Crippen LogP contribution < -0.4 is 15.1 Å². The van der Waals surface area contributed by atoms with Crippen molar-refractivity contribution in [2.75, 3.05) is 7.11 Å². The Hall–Kier alpha value is -3.58. The zero-order chi connectivity index (χ0) is 21.1. The first-order chi connectivity index (χ1) is 14.5. The molecule has 7 nitrogen and oxygen atoms in total. The summed E-state index contributed by atoms with van der Waals surface area (Å²) in [6.45, 7) is 0. The number of fused-ring (bicyclic) bond motifs is 1. The van der Waals surface area contributed by atoms with Gasteiger partial charge in [0, 0.05) is 23.9 Å². The van der Waals surface area contributed by atoms with Gasteiger partial charge in [0.2, 0.25) is 0 Å². The molecule has 0 spiro atoms. The van der Waals surface area contributed by atoms with Crippen molar-refractivity contribution in [3.63, 3.8) is 0 Å². The average Bonchev–Trinajstić information content (AvgIpc) is 3.17. The molecule has 0 bridgehead atoms. The van der Waals surface area contributed by atoms with E-state index in [1.165, 1.54) is 6.07 Å². The lowest BCUT2D eigenvalue weighted by atomic mass is 10.1. The van der Waals surface area contributed by atoms with Crippen LogP contribution in [0.1, 0.15) is 12.2 Å². The molecule has 0 fully saturated rings. The molecule has 0 radical (unpaired) electrons. The lowest BCUT2D eigenvalue weighted by Crippen LogP contribution is -2.09. The first kappa shape index (κ1) is 19.7. The molecule has 0 amide bonds. The summed E-state index contributed by atoms with van der Waals surface area (Å²) in [6, 6.07) is 15.3. The predicted octanol–water partition coefficient (Wildman–Crippen LogP) is 4.65. The van der Waals surface area contributed by atoms with Crippen LogP contribution in [0.5, 0.6) is 11.5 Å². The van der Waals surface area contributed by atoms with Crippen molar-refractivity contribution in [2.45, 2.75) is 12.8 Å². The normalized spacial score (nSPS) is 10.9. The van der Waals surface area contributed by atoms with E-state index in [1.807, 2.05) is 0 Å². The number of aryl methyl sites for hydroxylation is 1. The summed E-state index contributed by atoms with van der Waals surface area (Å²) in [5, 5.41) is 4.49. The van der Waals surface area contributed by atoms with Crippen LogP contribution in [0.3, 0.4) is 0 Å². The van der Waals surface area contributed by atoms with Crippen LogP contribution in [0.2, 0.25) is 5.15 Å². The summed E-state index contributed by atoms with van der Waals surface area (Å²) in [5.74, 6) is 1.01. The van der Waals surface area contributed by atoms with E-state index in [2.05, 4.69) is 5.16 Å². The molecule has 0 aliphatic carbocycles. The molecule has 0 aliphatic rings. The molecule has 30 heavy (non-hydrogen) atoms. The zero-order valence-electron chi connectivity index (χ0n) is 15.9. The third-order valence-corrected chi connectivity index (χ3v) is 4.62. The molecule has 4 rings (SSSR count). The number of rotatable bonds is 6. The summed E-state index contributed by atoms with van der Waals surface area (Å²) < 4.78 is 20.8. The average molecular weight is 426 g/mol. The molecule has 2 aromatic heterocycles. The minimum Gasteiger partial charge on any atom is -0.497 e. The Balaban J connectivity index is 1.51. The summed E-state index contributed by atoms with van der Waals surface area (Å²) in [4.78, 5) is 24.5. The highest BCUT2D eigenvalue weighted by Gasteiger charge is 2.12. The number of nitrogens with zero attached hydrogens (tertiary/aromatic N) is 1. The van der Waals surface area contributed by atoms with Crippen molar-refractivity contribution < 1.29 is 23.2 Å². The molecule has 4 aromatic rings. The number of carbonyl (C=O) groups is 1. The maximum absolute atomic E-state index is 12.5. The zero-order valence-corrected chi connectivity index (χ0v) is 16.6. The van der Waals surface area contributed by atoms with Crippen LogP contribution in [0.4, 0.5) is 0 Å². The van der Waals surface area contributed by atoms with Crippen LogP contribution in [0, 0.1) is 0 Å². The smallest absolute Gasteiger partial charge is 0.344 e. The quantitative estimate of drug-likeness (QED) is 0.252. The topological polar surface area (TPSA) is 91.8 Å². The van der Waals surface area contributed by atoms with Gasteiger partial charge in [-0.1, -0.05) is 28.9 Å². The van der Waals surface area contributed by atoms with Gasteiger partial charge in [0.15, 0.2) is 5.15 Å². The highest BCUT2D eigenvalue weighted by molar-refractivity contribution is 6.29. The van der Waals surface area contributed by atoms with Crippen molar-refractivity contribution in [1.29, 1.82) is 0 Å². The van der Waals surface area contributed by atoms with E-state index in [0.717, 1.165) is 5.56 Å². The SMILES string of the molecule is COc1ccc(-c2cc3ccc(OC(=O)CCc4cc(Cl)no4)cc3oc2=O)cc1. The number of benzene rings is 2. The minimum absolute atomic E-state index is 0.0872. The van der Waals surface area contributed by atoms with Gasteiger partial charge in [-0.15, -0.1) is 0 Å². The summed E-state index contributed by atoms with van der Waals surface area (Å²) in [6.07, 6.45) is 0.399. The van der Waals surface area contributed by atoms with Gasteiger partial charge in [-0.25, -0.2) is 4.79 Å². The van der Waals surface area contributed by atoms with Gasteiger partial charge >= 0.3 is 11.6 Å². The molecule has 0 saturated carbocycles. The number of ether oxygens (including phenoxy) is 2. The van der Waals surface area contributed by atoms with Gasteiger partial charge in [0.05, 0.1) is 19.1 Å². The van der Waals surface area contributed by atoms with E-state index in [-0.39, 0.29) is 17.3 Å². The molecule has 8 heteroatoms. The van der Waals surface area contributed by atoms with Crippen LogP contribution in [0.25, 0.3) is 22.1 Å². The minimum atomic E-state index is -0.488. The Bertz CT molecular complexity index is 1260. The first-order valence-corrected chi connectivity index (χ1v) is 9.44. The number of carbonyl (C=O) groups excluding carboxylic acids is 1. The molecule has 0 N–H and O–H groups in total. The van der Waals surface area contributed by atoms with Crippen molar-refractivity contribution >= 4 is 28.5 Å². The summed E-state index contributed by atoms with van der Waals surface area (Å²) >= 11 is 5.67. The molecule has 0 aliphatic heterocycles. The van der Waals surface area contributed by atoms with Gasteiger partial charge in [0.25, 0.3) is 0 Å². The van der Waals surface area contributed by atoms with Crippen molar-refractivity contribution in [3.05, 3.63) is 75.9 Å². The molecular formula is C22H16ClNO6. The van der Waals surface area contributed by atoms with E-state index in [1.54, 1.807) is 55.6 Å². The summed E-state index contributed by atoms with van der Waals surface area (Å²) in [5.41, 5.74) is 0.984. The third kappa shape index (κ3) is 4.36. The van der Waals surface area contributed by atoms with Gasteiger partial charge < -0.3 is 18.4 Å².